The summed E-state index contributed by atoms with van der Waals surface area (Å²) < 4.78 is 2.01. The van der Waals surface area contributed by atoms with Gasteiger partial charge in [-0.3, -0.25) is 9.36 Å². The van der Waals surface area contributed by atoms with Crippen LogP contribution in [0.2, 0.25) is 0 Å². The second kappa shape index (κ2) is 8.19. The van der Waals surface area contributed by atoms with Crippen molar-refractivity contribution < 1.29 is 4.79 Å². The quantitative estimate of drug-likeness (QED) is 0.675. The number of carbonyl (C=O) groups is 1. The van der Waals surface area contributed by atoms with E-state index in [-0.39, 0.29) is 5.91 Å². The van der Waals surface area contributed by atoms with Crippen molar-refractivity contribution in [1.82, 2.24) is 20.1 Å². The van der Waals surface area contributed by atoms with Gasteiger partial charge in [0.25, 0.3) is 0 Å². The first-order valence-corrected chi connectivity index (χ1v) is 9.56. The fourth-order valence-corrected chi connectivity index (χ4v) is 3.34. The Morgan fingerprint density at radius 1 is 1.00 bits per heavy atom. The molecule has 0 saturated heterocycles. The Balaban J connectivity index is 2.00. The molecule has 0 atom stereocenters. The Labute approximate surface area is 157 Å². The Hall–Kier alpha value is -2.60. The Kier molecular flexibility index (Phi) is 5.73. The van der Waals surface area contributed by atoms with Crippen LogP contribution in [0.15, 0.2) is 53.7 Å². The Bertz CT molecular complexity index is 885. The largest absolute Gasteiger partial charge is 0.356 e. The molecular formula is C20H22N4OS. The molecule has 1 aromatic heterocycles. The van der Waals surface area contributed by atoms with Crippen molar-refractivity contribution >= 4 is 17.7 Å². The van der Waals surface area contributed by atoms with E-state index in [1.165, 1.54) is 22.9 Å². The minimum atomic E-state index is -0.00663. The number of rotatable bonds is 6. The third kappa shape index (κ3) is 4.14. The van der Waals surface area contributed by atoms with Crippen LogP contribution >= 0.6 is 11.8 Å². The molecule has 3 aromatic rings. The summed E-state index contributed by atoms with van der Waals surface area (Å²) in [6.07, 6.45) is 0. The Morgan fingerprint density at radius 3 is 2.23 bits per heavy atom. The van der Waals surface area contributed by atoms with Crippen LogP contribution in [-0.4, -0.2) is 33.0 Å². The van der Waals surface area contributed by atoms with Crippen molar-refractivity contribution in [1.29, 1.82) is 0 Å². The van der Waals surface area contributed by atoms with Crippen LogP contribution in [0, 0.1) is 13.8 Å². The number of nitrogens with one attached hydrogen (secondary N) is 1. The summed E-state index contributed by atoms with van der Waals surface area (Å²) in [4.78, 5) is 11.8. The number of amides is 1. The molecular weight excluding hydrogens is 344 g/mol. The average molecular weight is 366 g/mol. The number of aryl methyl sites for hydroxylation is 2. The summed E-state index contributed by atoms with van der Waals surface area (Å²) in [5.74, 6) is 1.08. The maximum atomic E-state index is 11.8. The van der Waals surface area contributed by atoms with Crippen molar-refractivity contribution in [3.05, 3.63) is 59.7 Å². The maximum absolute atomic E-state index is 11.8. The Morgan fingerprint density at radius 2 is 1.62 bits per heavy atom. The third-order valence-corrected chi connectivity index (χ3v) is 4.87. The molecule has 134 valence electrons. The highest BCUT2D eigenvalue weighted by molar-refractivity contribution is 7.99. The highest BCUT2D eigenvalue weighted by Gasteiger charge is 2.17. The molecule has 0 spiro atoms. The smallest absolute Gasteiger partial charge is 0.230 e. The fourth-order valence-electron chi connectivity index (χ4n) is 2.56. The number of aromatic nitrogens is 3. The van der Waals surface area contributed by atoms with Crippen LogP contribution in [0.4, 0.5) is 0 Å². The molecule has 3 rings (SSSR count). The summed E-state index contributed by atoms with van der Waals surface area (Å²) in [6, 6.07) is 16.4. The average Bonchev–Trinajstić information content (AvgIpc) is 3.05. The number of hydrogen-bond donors (Lipinski definition) is 1. The second-order valence-corrected chi connectivity index (χ2v) is 7.03. The molecule has 0 aliphatic rings. The number of thioether (sulfide) groups is 1. The third-order valence-electron chi connectivity index (χ3n) is 3.94. The minimum absolute atomic E-state index is 0.00663. The summed E-state index contributed by atoms with van der Waals surface area (Å²) >= 11 is 1.39. The monoisotopic (exact) mass is 366 g/mol. The van der Waals surface area contributed by atoms with E-state index < -0.39 is 0 Å². The number of nitrogens with zero attached hydrogens (tertiary/aromatic N) is 3. The lowest BCUT2D eigenvalue weighted by Crippen LogP contribution is -2.24. The molecule has 0 unspecified atom stereocenters. The van der Waals surface area contributed by atoms with Gasteiger partial charge in [-0.25, -0.2) is 0 Å². The molecule has 0 radical (unpaired) electrons. The van der Waals surface area contributed by atoms with Gasteiger partial charge < -0.3 is 5.32 Å². The molecule has 1 heterocycles. The lowest BCUT2D eigenvalue weighted by molar-refractivity contribution is -0.118. The first-order valence-electron chi connectivity index (χ1n) is 8.57. The zero-order valence-electron chi connectivity index (χ0n) is 15.2. The van der Waals surface area contributed by atoms with Gasteiger partial charge in [-0.2, -0.15) is 0 Å². The van der Waals surface area contributed by atoms with Crippen molar-refractivity contribution in [3.63, 3.8) is 0 Å². The van der Waals surface area contributed by atoms with Gasteiger partial charge in [0.05, 0.1) is 5.75 Å². The molecule has 1 amide bonds. The van der Waals surface area contributed by atoms with Gasteiger partial charge >= 0.3 is 0 Å². The number of hydrogen-bond acceptors (Lipinski definition) is 4. The van der Waals surface area contributed by atoms with Crippen LogP contribution in [0.25, 0.3) is 17.1 Å². The van der Waals surface area contributed by atoms with Crippen molar-refractivity contribution in [2.75, 3.05) is 12.3 Å². The normalized spacial score (nSPS) is 10.7. The lowest BCUT2D eigenvalue weighted by Gasteiger charge is -2.11. The van der Waals surface area contributed by atoms with E-state index in [2.05, 4.69) is 53.6 Å². The van der Waals surface area contributed by atoms with Crippen LogP contribution in [0.3, 0.4) is 0 Å². The van der Waals surface area contributed by atoms with E-state index in [9.17, 15) is 4.79 Å². The van der Waals surface area contributed by atoms with Crippen LogP contribution in [0.1, 0.15) is 18.1 Å². The lowest BCUT2D eigenvalue weighted by atomic mass is 10.1. The standard InChI is InChI=1S/C20H22N4OS/c1-4-21-18(25)13-26-20-23-22-19(16-9-5-14(2)6-10-16)24(20)17-11-7-15(3)8-12-17/h5-12H,4,13H2,1-3H3,(H,21,25). The first kappa shape index (κ1) is 18.2. The van der Waals surface area contributed by atoms with Gasteiger partial charge in [0.1, 0.15) is 0 Å². The van der Waals surface area contributed by atoms with Crippen molar-refractivity contribution in [2.24, 2.45) is 0 Å². The van der Waals surface area contributed by atoms with Gasteiger partial charge in [-0.1, -0.05) is 59.3 Å². The first-order chi connectivity index (χ1) is 12.6. The van der Waals surface area contributed by atoms with E-state index in [4.69, 9.17) is 0 Å². The maximum Gasteiger partial charge on any atom is 0.230 e. The van der Waals surface area contributed by atoms with Crippen molar-refractivity contribution in [2.45, 2.75) is 25.9 Å². The molecule has 0 aliphatic carbocycles. The number of benzene rings is 2. The van der Waals surface area contributed by atoms with Crippen LogP contribution in [-0.2, 0) is 4.79 Å². The summed E-state index contributed by atoms with van der Waals surface area (Å²) in [6.45, 7) is 6.65. The van der Waals surface area contributed by atoms with Crippen molar-refractivity contribution in [3.8, 4) is 17.1 Å². The highest BCUT2D eigenvalue weighted by atomic mass is 32.2. The molecule has 0 fully saturated rings. The molecule has 5 nitrogen and oxygen atoms in total. The molecule has 0 saturated carbocycles. The number of carbonyl (C=O) groups excluding carboxylic acids is 1. The topological polar surface area (TPSA) is 59.8 Å². The van der Waals surface area contributed by atoms with E-state index in [1.54, 1.807) is 0 Å². The van der Waals surface area contributed by atoms with E-state index >= 15 is 0 Å². The fraction of sp³-hybridized carbons (Fsp3) is 0.250. The van der Waals surface area contributed by atoms with Gasteiger partial charge in [0.2, 0.25) is 5.91 Å². The highest BCUT2D eigenvalue weighted by Crippen LogP contribution is 2.28. The zero-order chi connectivity index (χ0) is 18.5. The molecule has 1 N–H and O–H groups in total. The molecule has 2 aromatic carbocycles. The summed E-state index contributed by atoms with van der Waals surface area (Å²) in [5, 5.41) is 12.3. The predicted molar refractivity (Wildman–Crippen MR) is 106 cm³/mol. The van der Waals surface area contributed by atoms with Gasteiger partial charge in [-0.15, -0.1) is 10.2 Å². The van der Waals surface area contributed by atoms with E-state index in [0.717, 1.165) is 17.1 Å². The SMILES string of the molecule is CCNC(=O)CSc1nnc(-c2ccc(C)cc2)n1-c1ccc(C)cc1. The minimum Gasteiger partial charge on any atom is -0.356 e. The van der Waals surface area contributed by atoms with Crippen LogP contribution < -0.4 is 5.32 Å². The van der Waals surface area contributed by atoms with Crippen LogP contribution in [0.5, 0.6) is 0 Å². The zero-order valence-corrected chi connectivity index (χ0v) is 16.0. The van der Waals surface area contributed by atoms with Gasteiger partial charge in [0, 0.05) is 17.8 Å². The molecule has 0 bridgehead atoms. The summed E-state index contributed by atoms with van der Waals surface area (Å²) in [5.41, 5.74) is 4.36. The summed E-state index contributed by atoms with van der Waals surface area (Å²) in [7, 11) is 0. The predicted octanol–water partition coefficient (Wildman–Crippen LogP) is 3.78. The van der Waals surface area contributed by atoms with E-state index in [0.29, 0.717) is 17.5 Å². The van der Waals surface area contributed by atoms with E-state index in [1.807, 2.05) is 35.8 Å². The van der Waals surface area contributed by atoms with Gasteiger partial charge in [0.15, 0.2) is 11.0 Å². The van der Waals surface area contributed by atoms with Gasteiger partial charge in [-0.05, 0) is 32.9 Å². The molecule has 0 aliphatic heterocycles. The molecule has 6 heteroatoms. The second-order valence-electron chi connectivity index (χ2n) is 6.09. The molecule has 26 heavy (non-hydrogen) atoms.